The van der Waals surface area contributed by atoms with Crippen LogP contribution in [0, 0.1) is 45.8 Å². The number of hydrogen-bond acceptors (Lipinski definition) is 22. The van der Waals surface area contributed by atoms with Crippen molar-refractivity contribution in [2.75, 3.05) is 40.8 Å². The van der Waals surface area contributed by atoms with Gasteiger partial charge in [0, 0.05) is 52.6 Å². The number of cyclic esters (lactones) is 1. The quantitative estimate of drug-likeness (QED) is 0.0624. The van der Waals surface area contributed by atoms with Crippen molar-refractivity contribution in [2.24, 2.45) is 45.8 Å². The maximum absolute atomic E-state index is 16.0. The molecule has 8 fully saturated rings. The number of hydrogen-bond donors (Lipinski definition) is 9. The molecule has 1 aromatic carbocycles. The highest BCUT2D eigenvalue weighted by Crippen LogP contribution is 2.68. The largest absolute Gasteiger partial charge is 0.497 e. The number of amides is 8. The van der Waals surface area contributed by atoms with E-state index in [1.54, 1.807) is 58.9 Å². The molecule has 104 heavy (non-hydrogen) atoms. The number of carboxylic acid groups (broad SMARTS) is 1. The van der Waals surface area contributed by atoms with Crippen molar-refractivity contribution in [1.29, 1.82) is 0 Å². The van der Waals surface area contributed by atoms with Crippen LogP contribution >= 0.6 is 0 Å². The molecular formula is C73H108N8O23. The molecule has 1 aromatic rings. The summed E-state index contributed by atoms with van der Waals surface area (Å²) in [4.78, 5) is 178. The summed E-state index contributed by atoms with van der Waals surface area (Å²) < 4.78 is 33.9. The molecule has 8 amide bonds. The van der Waals surface area contributed by atoms with E-state index < -0.39 is 208 Å². The number of aliphatic carboxylic acids is 1. The van der Waals surface area contributed by atoms with Crippen molar-refractivity contribution in [1.82, 2.24) is 40.9 Å². The van der Waals surface area contributed by atoms with Crippen LogP contribution < -0.4 is 26.0 Å². The maximum Gasteiger partial charge on any atom is 0.409 e. The Bertz CT molecular complexity index is 3440. The van der Waals surface area contributed by atoms with Gasteiger partial charge in [-0.25, -0.2) is 14.4 Å². The van der Waals surface area contributed by atoms with Gasteiger partial charge in [0.2, 0.25) is 41.7 Å². The van der Waals surface area contributed by atoms with E-state index in [2.05, 4.69) is 21.3 Å². The molecule has 0 radical (unpaired) electrons. The van der Waals surface area contributed by atoms with Gasteiger partial charge in [-0.2, -0.15) is 0 Å². The first-order chi connectivity index (χ1) is 48.7. The summed E-state index contributed by atoms with van der Waals surface area (Å²) in [5.74, 6) is -9.74. The Morgan fingerprint density at radius 1 is 0.865 bits per heavy atom. The maximum atomic E-state index is 16.0. The van der Waals surface area contributed by atoms with E-state index in [1.165, 1.54) is 40.8 Å². The topological polar surface area (TPSA) is 422 Å². The minimum Gasteiger partial charge on any atom is -0.497 e. The Labute approximate surface area is 606 Å². The molecule has 3 spiro atoms. The van der Waals surface area contributed by atoms with E-state index in [1.807, 2.05) is 41.5 Å². The van der Waals surface area contributed by atoms with Gasteiger partial charge in [-0.3, -0.25) is 43.2 Å². The van der Waals surface area contributed by atoms with Crippen molar-refractivity contribution in [2.45, 2.75) is 262 Å². The lowest BCUT2D eigenvalue weighted by atomic mass is 9.89. The van der Waals surface area contributed by atoms with Crippen LogP contribution in [0.5, 0.6) is 5.75 Å². The Kier molecular flexibility index (Phi) is 24.2. The van der Waals surface area contributed by atoms with Gasteiger partial charge < -0.3 is 94.8 Å². The first-order valence-corrected chi connectivity index (χ1v) is 36.6. The highest BCUT2D eigenvalue weighted by atomic mass is 16.7. The SMILES string of the molecule is CCC1[C@H](C)C12NC(=O)C1(CC1NC(=O)[C@@H](CC(C)C)N(C)C(=O)[C@@H]1CCCN1C(=O)C1(C)CC1OC(=O)CC(C)(C)CNC(=O)OC1OC(C(=O)O)C(O)C(O)C1O)C1(CC1)OC(=O)C(Cc1ccc(OC)cc1)N(C)C(=O)[C@@H]1CCCN1C(=O)[C@H](CC(C)C)NC(=O)[C@H](C(C)C)OC(=O)C[C@@H]2O. The second-order valence-corrected chi connectivity index (χ2v) is 32.3. The molecule has 9 rings (SSSR count). The summed E-state index contributed by atoms with van der Waals surface area (Å²) in [6.07, 6.45) is -13.9. The Morgan fingerprint density at radius 2 is 1.53 bits per heavy atom. The number of fused-ring (bicyclic) bond motifs is 2. The van der Waals surface area contributed by atoms with E-state index in [9.17, 15) is 59.1 Å². The molecular weight excluding hydrogens is 1360 g/mol. The van der Waals surface area contributed by atoms with Gasteiger partial charge in [-0.15, -0.1) is 0 Å². The normalized spacial score (nSPS) is 34.0. The van der Waals surface area contributed by atoms with E-state index in [-0.39, 0.29) is 95.7 Å². The molecule has 578 valence electrons. The van der Waals surface area contributed by atoms with Gasteiger partial charge in [-0.05, 0) is 117 Å². The molecule has 0 aromatic heterocycles. The number of likely N-dealkylation sites (N-methyl/N-ethyl adjacent to an activating group) is 2. The van der Waals surface area contributed by atoms with Crippen molar-refractivity contribution in [3.63, 3.8) is 0 Å². The third-order valence-electron chi connectivity index (χ3n) is 22.9. The number of carboxylic acids is 1. The van der Waals surface area contributed by atoms with Gasteiger partial charge in [0.1, 0.15) is 71.4 Å². The third-order valence-corrected chi connectivity index (χ3v) is 22.9. The number of carbonyl (C=O) groups is 12. The number of likely N-dealkylation sites (tertiary alicyclic amines) is 1. The van der Waals surface area contributed by atoms with Gasteiger partial charge in [-0.1, -0.05) is 87.8 Å². The van der Waals surface area contributed by atoms with Crippen LogP contribution in [0.25, 0.3) is 0 Å². The van der Waals surface area contributed by atoms with Gasteiger partial charge >= 0.3 is 30.0 Å². The fraction of sp³-hybridized carbons (Fsp3) is 0.753. The van der Waals surface area contributed by atoms with Crippen LogP contribution in [0.4, 0.5) is 4.79 Å². The molecule has 4 saturated heterocycles. The number of nitrogens with zero attached hydrogens (tertiary/aromatic N) is 4. The molecule has 0 bridgehead atoms. The van der Waals surface area contributed by atoms with Gasteiger partial charge in [0.25, 0.3) is 5.91 Å². The zero-order valence-corrected chi connectivity index (χ0v) is 62.2. The summed E-state index contributed by atoms with van der Waals surface area (Å²) in [6.45, 7) is 19.4. The summed E-state index contributed by atoms with van der Waals surface area (Å²) in [7, 11) is 4.42. The van der Waals surface area contributed by atoms with E-state index in [0.717, 1.165) is 0 Å². The number of esters is 3. The zero-order valence-electron chi connectivity index (χ0n) is 62.2. The summed E-state index contributed by atoms with van der Waals surface area (Å²) >= 11 is 0. The van der Waals surface area contributed by atoms with Crippen molar-refractivity contribution < 1.29 is 111 Å². The molecule has 12 unspecified atom stereocenters. The van der Waals surface area contributed by atoms with Crippen molar-refractivity contribution in [3.05, 3.63) is 29.8 Å². The smallest absolute Gasteiger partial charge is 0.409 e. The number of rotatable bonds is 21. The van der Waals surface area contributed by atoms with Crippen molar-refractivity contribution in [3.8, 4) is 5.75 Å². The lowest BCUT2D eigenvalue weighted by Crippen LogP contribution is -2.61. The lowest BCUT2D eigenvalue weighted by molar-refractivity contribution is -0.278. The molecule has 9 N–H and O–H groups in total. The Hall–Kier alpha value is -7.74. The molecule has 31 heteroatoms. The van der Waals surface area contributed by atoms with Crippen LogP contribution in [0.2, 0.25) is 0 Å². The monoisotopic (exact) mass is 1460 g/mol. The van der Waals surface area contributed by atoms with E-state index in [4.69, 9.17) is 28.4 Å². The number of carbonyl (C=O) groups excluding carboxylic acids is 11. The highest BCUT2D eigenvalue weighted by molar-refractivity contribution is 5.98. The number of methoxy groups -OCH3 is 1. The highest BCUT2D eigenvalue weighted by Gasteiger charge is 2.80. The van der Waals surface area contributed by atoms with Crippen LogP contribution in [-0.2, 0) is 82.8 Å². The minimum atomic E-state index is -2.02. The predicted molar refractivity (Wildman–Crippen MR) is 366 cm³/mol. The zero-order chi connectivity index (χ0) is 76.8. The molecule has 31 nitrogen and oxygen atoms in total. The van der Waals surface area contributed by atoms with Crippen LogP contribution in [0.1, 0.15) is 165 Å². The minimum absolute atomic E-state index is 0.0890. The average Bonchev–Trinajstić information content (AvgIpc) is 1.50. The van der Waals surface area contributed by atoms with Gasteiger partial charge in [0.15, 0.2) is 12.2 Å². The molecule has 19 atom stereocenters. The number of ether oxygens (including phenoxy) is 6. The second kappa shape index (κ2) is 31.4. The molecule has 4 heterocycles. The van der Waals surface area contributed by atoms with Crippen LogP contribution in [0.15, 0.2) is 24.3 Å². The number of aliphatic hydroxyl groups excluding tert-OH is 4. The number of aliphatic hydroxyl groups is 4. The Balaban J connectivity index is 0.946. The Morgan fingerprint density at radius 3 is 2.12 bits per heavy atom. The third kappa shape index (κ3) is 16.4. The summed E-state index contributed by atoms with van der Waals surface area (Å²) in [6, 6.07) is -0.0120. The van der Waals surface area contributed by atoms with E-state index in [0.29, 0.717) is 30.6 Å². The summed E-state index contributed by atoms with van der Waals surface area (Å²) in [5.41, 5.74) is -6.50. The first-order valence-electron chi connectivity index (χ1n) is 36.6. The number of alkyl carbamates (subject to hydrolysis) is 1. The standard InChI is InChI=1S/C73H108N8O23/c1-15-42-39(8)73(42)49(82)31-51(83)101-56(38(6)7)59(89)75-43(28-36(2)3)60(90)80-26-16-18-44(80)61(91)79(13)47(30-40-20-22-41(99-14)23-21-40)64(95)104-71(24-25-71)72(66(96)77-73)32-48(72)76-58(88)46(29-37(4)5)78(12)62(92)45-19-17-27-81(45)67(97)70(11)33-50(70)100-52(84)34-69(9,10)35-74-68(98)103-65-55(87)53(85)54(86)57(102-65)63(93)94/h20-23,36-39,42-50,53-57,65,82,85-87H,15-19,24-35H2,1-14H3,(H,74,98)(H,75,89)(H,76,88)(H,77,96)(H,93,94)/t39-,42?,43-,44-,45-,46+,47?,48?,49-,50?,53?,54?,55?,56-,57?,65?,70?,72?,73?/m0/s1. The fourth-order valence-corrected chi connectivity index (χ4v) is 16.2. The summed E-state index contributed by atoms with van der Waals surface area (Å²) in [5, 5.41) is 63.6. The fourth-order valence-electron chi connectivity index (χ4n) is 16.2. The lowest BCUT2D eigenvalue weighted by Gasteiger charge is -2.38. The number of nitrogens with one attached hydrogen (secondary N) is 4. The molecule has 4 aliphatic heterocycles. The molecule has 8 aliphatic rings. The van der Waals surface area contributed by atoms with Crippen LogP contribution in [-0.4, -0.2) is 254 Å². The van der Waals surface area contributed by atoms with Crippen molar-refractivity contribution >= 4 is 71.3 Å². The molecule has 4 aliphatic carbocycles. The first kappa shape index (κ1) is 80.4. The van der Waals surface area contributed by atoms with Crippen LogP contribution in [0.3, 0.4) is 0 Å². The van der Waals surface area contributed by atoms with Gasteiger partial charge in [0.05, 0.1) is 37.0 Å². The second-order valence-electron chi connectivity index (χ2n) is 32.3. The van der Waals surface area contributed by atoms with E-state index >= 15 is 24.0 Å². The predicted octanol–water partition coefficient (Wildman–Crippen LogP) is 1.62. The molecule has 4 saturated carbocycles. The average molecular weight is 1470 g/mol. The number of benzene rings is 1.